The molecule has 0 radical (unpaired) electrons. The first-order valence-electron chi connectivity index (χ1n) is 6.72. The maximum atomic E-state index is 3.65. The van der Waals surface area contributed by atoms with E-state index in [-0.39, 0.29) is 0 Å². The molecule has 2 heteroatoms. The third kappa shape index (κ3) is 3.38. The number of anilines is 1. The number of para-hydroxylation sites is 1. The van der Waals surface area contributed by atoms with E-state index in [1.165, 1.54) is 22.4 Å². The van der Waals surface area contributed by atoms with Crippen LogP contribution >= 0.6 is 15.9 Å². The van der Waals surface area contributed by atoms with Crippen LogP contribution in [0, 0.1) is 6.92 Å². The molecule has 0 fully saturated rings. The minimum atomic E-state index is 0.305. The largest absolute Gasteiger partial charge is 0.378 e. The lowest BCUT2D eigenvalue weighted by molar-refractivity contribution is 0.876. The number of benzene rings is 2. The van der Waals surface area contributed by atoms with Gasteiger partial charge in [0.05, 0.1) is 0 Å². The van der Waals surface area contributed by atoms with Crippen molar-refractivity contribution in [3.05, 3.63) is 63.6 Å². The van der Waals surface area contributed by atoms with Gasteiger partial charge in [-0.1, -0.05) is 53.2 Å². The lowest BCUT2D eigenvalue weighted by Gasteiger charge is -2.20. The highest BCUT2D eigenvalue weighted by Crippen LogP contribution is 2.26. The number of hydrogen-bond acceptors (Lipinski definition) is 1. The van der Waals surface area contributed by atoms with Crippen LogP contribution in [-0.4, -0.2) is 0 Å². The molecule has 1 atom stereocenters. The highest BCUT2D eigenvalue weighted by molar-refractivity contribution is 9.10. The van der Waals surface area contributed by atoms with Gasteiger partial charge in [0.15, 0.2) is 0 Å². The SMILES string of the molecule is CCc1cccc(C)c1NC(C)c1ccc(Br)cc1. The zero-order valence-electron chi connectivity index (χ0n) is 11.7. The smallest absolute Gasteiger partial charge is 0.0485 e. The molecule has 0 bridgehead atoms. The summed E-state index contributed by atoms with van der Waals surface area (Å²) in [6.45, 7) is 6.56. The van der Waals surface area contributed by atoms with E-state index >= 15 is 0 Å². The highest BCUT2D eigenvalue weighted by Gasteiger charge is 2.09. The molecular weight excluding hydrogens is 298 g/mol. The molecule has 100 valence electrons. The zero-order valence-corrected chi connectivity index (χ0v) is 13.3. The molecule has 0 spiro atoms. The minimum Gasteiger partial charge on any atom is -0.378 e. The van der Waals surface area contributed by atoms with Crippen molar-refractivity contribution in [2.24, 2.45) is 0 Å². The molecule has 0 heterocycles. The summed E-state index contributed by atoms with van der Waals surface area (Å²) in [7, 11) is 0. The van der Waals surface area contributed by atoms with E-state index in [1.54, 1.807) is 0 Å². The van der Waals surface area contributed by atoms with Crippen LogP contribution in [0.1, 0.15) is 36.6 Å². The molecule has 0 aliphatic rings. The van der Waals surface area contributed by atoms with Crippen molar-refractivity contribution in [1.82, 2.24) is 0 Å². The molecule has 1 unspecified atom stereocenters. The second-order valence-corrected chi connectivity index (χ2v) is 5.80. The van der Waals surface area contributed by atoms with Crippen LogP contribution in [0.25, 0.3) is 0 Å². The average molecular weight is 318 g/mol. The van der Waals surface area contributed by atoms with E-state index in [4.69, 9.17) is 0 Å². The van der Waals surface area contributed by atoms with E-state index in [9.17, 15) is 0 Å². The summed E-state index contributed by atoms with van der Waals surface area (Å²) in [5.41, 5.74) is 5.26. The lowest BCUT2D eigenvalue weighted by Crippen LogP contribution is -2.09. The van der Waals surface area contributed by atoms with Gasteiger partial charge < -0.3 is 5.32 Å². The summed E-state index contributed by atoms with van der Waals surface area (Å²) in [6, 6.07) is 15.3. The third-order valence-electron chi connectivity index (χ3n) is 3.47. The quantitative estimate of drug-likeness (QED) is 0.785. The molecule has 0 saturated heterocycles. The Hall–Kier alpha value is -1.28. The Morgan fingerprint density at radius 1 is 1.11 bits per heavy atom. The molecule has 2 aromatic rings. The summed E-state index contributed by atoms with van der Waals surface area (Å²) in [5, 5.41) is 3.65. The fourth-order valence-electron chi connectivity index (χ4n) is 2.28. The Balaban J connectivity index is 2.23. The normalized spacial score (nSPS) is 12.2. The van der Waals surface area contributed by atoms with Crippen molar-refractivity contribution < 1.29 is 0 Å². The van der Waals surface area contributed by atoms with Crippen molar-refractivity contribution >= 4 is 21.6 Å². The Bertz CT molecular complexity index is 546. The van der Waals surface area contributed by atoms with E-state index in [2.05, 4.69) is 84.5 Å². The van der Waals surface area contributed by atoms with Gasteiger partial charge in [0, 0.05) is 16.2 Å². The van der Waals surface area contributed by atoms with Crippen LogP contribution in [0.4, 0.5) is 5.69 Å². The first kappa shape index (κ1) is 14.1. The Morgan fingerprint density at radius 2 is 1.79 bits per heavy atom. The summed E-state index contributed by atoms with van der Waals surface area (Å²) in [4.78, 5) is 0. The Kier molecular flexibility index (Phi) is 4.65. The zero-order chi connectivity index (χ0) is 13.8. The first-order chi connectivity index (χ1) is 9.11. The van der Waals surface area contributed by atoms with Gasteiger partial charge in [-0.05, 0) is 49.1 Å². The standard InChI is InChI=1S/C17H20BrN/c1-4-14-7-5-6-12(2)17(14)19-13(3)15-8-10-16(18)11-9-15/h5-11,13,19H,4H2,1-3H3. The molecule has 2 aromatic carbocycles. The topological polar surface area (TPSA) is 12.0 Å². The van der Waals surface area contributed by atoms with Gasteiger partial charge in [-0.3, -0.25) is 0 Å². The van der Waals surface area contributed by atoms with Gasteiger partial charge in [-0.2, -0.15) is 0 Å². The van der Waals surface area contributed by atoms with Crippen LogP contribution in [0.3, 0.4) is 0 Å². The molecule has 0 aliphatic heterocycles. The van der Waals surface area contributed by atoms with Crippen LogP contribution in [-0.2, 0) is 6.42 Å². The Morgan fingerprint density at radius 3 is 2.42 bits per heavy atom. The van der Waals surface area contributed by atoms with Crippen molar-refractivity contribution in [2.45, 2.75) is 33.2 Å². The van der Waals surface area contributed by atoms with Crippen LogP contribution in [0.5, 0.6) is 0 Å². The number of nitrogens with one attached hydrogen (secondary N) is 1. The number of rotatable bonds is 4. The third-order valence-corrected chi connectivity index (χ3v) is 4.00. The van der Waals surface area contributed by atoms with Crippen LogP contribution in [0.15, 0.2) is 46.9 Å². The number of hydrogen-bond donors (Lipinski definition) is 1. The minimum absolute atomic E-state index is 0.305. The van der Waals surface area contributed by atoms with Crippen molar-refractivity contribution in [3.63, 3.8) is 0 Å². The van der Waals surface area contributed by atoms with E-state index in [0.717, 1.165) is 10.9 Å². The molecule has 1 N–H and O–H groups in total. The van der Waals surface area contributed by atoms with Crippen molar-refractivity contribution in [1.29, 1.82) is 0 Å². The predicted octanol–water partition coefficient (Wildman–Crippen LogP) is 5.49. The molecule has 19 heavy (non-hydrogen) atoms. The van der Waals surface area contributed by atoms with Crippen LogP contribution < -0.4 is 5.32 Å². The Labute approximate surface area is 124 Å². The lowest BCUT2D eigenvalue weighted by atomic mass is 10.0. The molecule has 0 aromatic heterocycles. The number of aryl methyl sites for hydroxylation is 2. The predicted molar refractivity (Wildman–Crippen MR) is 86.7 cm³/mol. The maximum absolute atomic E-state index is 3.65. The van der Waals surface area contributed by atoms with Gasteiger partial charge in [0.2, 0.25) is 0 Å². The summed E-state index contributed by atoms with van der Waals surface area (Å²) < 4.78 is 1.12. The van der Waals surface area contributed by atoms with E-state index in [1.807, 2.05) is 0 Å². The average Bonchev–Trinajstić information content (AvgIpc) is 2.41. The second-order valence-electron chi connectivity index (χ2n) is 4.88. The maximum Gasteiger partial charge on any atom is 0.0485 e. The van der Waals surface area contributed by atoms with Gasteiger partial charge in [-0.15, -0.1) is 0 Å². The van der Waals surface area contributed by atoms with Gasteiger partial charge in [-0.25, -0.2) is 0 Å². The molecule has 0 saturated carbocycles. The van der Waals surface area contributed by atoms with Gasteiger partial charge in [0.25, 0.3) is 0 Å². The monoisotopic (exact) mass is 317 g/mol. The fourth-order valence-corrected chi connectivity index (χ4v) is 2.55. The number of halogens is 1. The summed E-state index contributed by atoms with van der Waals surface area (Å²) in [5.74, 6) is 0. The molecule has 0 amide bonds. The first-order valence-corrected chi connectivity index (χ1v) is 7.51. The molecule has 2 rings (SSSR count). The molecule has 1 nitrogen and oxygen atoms in total. The van der Waals surface area contributed by atoms with Gasteiger partial charge >= 0.3 is 0 Å². The summed E-state index contributed by atoms with van der Waals surface area (Å²) in [6.07, 6.45) is 1.05. The summed E-state index contributed by atoms with van der Waals surface area (Å²) >= 11 is 3.48. The van der Waals surface area contributed by atoms with Crippen molar-refractivity contribution in [2.75, 3.05) is 5.32 Å². The fraction of sp³-hybridized carbons (Fsp3) is 0.294. The van der Waals surface area contributed by atoms with E-state index < -0.39 is 0 Å². The molecular formula is C17H20BrN. The second kappa shape index (κ2) is 6.25. The van der Waals surface area contributed by atoms with Crippen molar-refractivity contribution in [3.8, 4) is 0 Å². The van der Waals surface area contributed by atoms with Gasteiger partial charge in [0.1, 0.15) is 0 Å². The van der Waals surface area contributed by atoms with E-state index in [0.29, 0.717) is 6.04 Å². The highest BCUT2D eigenvalue weighted by atomic mass is 79.9. The molecule has 0 aliphatic carbocycles. The van der Waals surface area contributed by atoms with Crippen LogP contribution in [0.2, 0.25) is 0 Å².